The highest BCUT2D eigenvalue weighted by molar-refractivity contribution is 6.31. The van der Waals surface area contributed by atoms with E-state index in [0.717, 1.165) is 5.56 Å². The summed E-state index contributed by atoms with van der Waals surface area (Å²) in [4.78, 5) is 16.4. The fourth-order valence-corrected chi connectivity index (χ4v) is 2.58. The van der Waals surface area contributed by atoms with Crippen molar-refractivity contribution in [3.63, 3.8) is 0 Å². The number of rotatable bonds is 6. The molecule has 0 saturated heterocycles. The third-order valence-electron chi connectivity index (χ3n) is 3.84. The van der Waals surface area contributed by atoms with Crippen molar-refractivity contribution in [2.45, 2.75) is 13.1 Å². The molecule has 1 aromatic heterocycles. The van der Waals surface area contributed by atoms with E-state index in [0.29, 0.717) is 28.5 Å². The zero-order valence-electron chi connectivity index (χ0n) is 13.9. The van der Waals surface area contributed by atoms with Crippen LogP contribution in [-0.2, 0) is 13.1 Å². The standard InChI is InChI=1S/C20H17ClFN3O/c21-17-7-3-1-5-14(17)11-23-19-10-9-16(13-24-19)20(26)25-12-15-6-2-4-8-18(15)22/h1-10,13H,11-12H2,(H,23,24)(H,25,26). The molecule has 2 N–H and O–H groups in total. The molecule has 0 unspecified atom stereocenters. The van der Waals surface area contributed by atoms with Crippen molar-refractivity contribution in [3.8, 4) is 0 Å². The van der Waals surface area contributed by atoms with Crippen molar-refractivity contribution in [2.24, 2.45) is 0 Å². The molecule has 26 heavy (non-hydrogen) atoms. The molecular formula is C20H17ClFN3O. The van der Waals surface area contributed by atoms with E-state index >= 15 is 0 Å². The van der Waals surface area contributed by atoms with Gasteiger partial charge in [-0.15, -0.1) is 0 Å². The second kappa shape index (κ2) is 8.45. The summed E-state index contributed by atoms with van der Waals surface area (Å²) in [6, 6.07) is 17.3. The van der Waals surface area contributed by atoms with Gasteiger partial charge in [0.1, 0.15) is 11.6 Å². The Morgan fingerprint density at radius 2 is 1.69 bits per heavy atom. The number of pyridine rings is 1. The van der Waals surface area contributed by atoms with Crippen molar-refractivity contribution < 1.29 is 9.18 Å². The van der Waals surface area contributed by atoms with E-state index in [1.807, 2.05) is 24.3 Å². The first-order valence-electron chi connectivity index (χ1n) is 8.08. The predicted octanol–water partition coefficient (Wildman–Crippen LogP) is 4.42. The van der Waals surface area contributed by atoms with E-state index in [1.165, 1.54) is 12.3 Å². The van der Waals surface area contributed by atoms with Gasteiger partial charge in [0.2, 0.25) is 0 Å². The molecule has 0 aliphatic rings. The molecule has 0 spiro atoms. The monoisotopic (exact) mass is 369 g/mol. The molecule has 1 heterocycles. The van der Waals surface area contributed by atoms with Crippen molar-refractivity contribution in [1.82, 2.24) is 10.3 Å². The van der Waals surface area contributed by atoms with Crippen LogP contribution in [0.1, 0.15) is 21.5 Å². The van der Waals surface area contributed by atoms with Gasteiger partial charge >= 0.3 is 0 Å². The molecule has 0 aliphatic carbocycles. The molecule has 2 aromatic carbocycles. The highest BCUT2D eigenvalue weighted by atomic mass is 35.5. The second-order valence-electron chi connectivity index (χ2n) is 5.65. The Balaban J connectivity index is 1.56. The predicted molar refractivity (Wildman–Crippen MR) is 101 cm³/mol. The van der Waals surface area contributed by atoms with E-state index < -0.39 is 0 Å². The minimum absolute atomic E-state index is 0.123. The van der Waals surface area contributed by atoms with Gasteiger partial charge in [-0.25, -0.2) is 9.37 Å². The van der Waals surface area contributed by atoms with E-state index in [1.54, 1.807) is 30.3 Å². The summed E-state index contributed by atoms with van der Waals surface area (Å²) in [5.41, 5.74) is 1.80. The van der Waals surface area contributed by atoms with Crippen LogP contribution in [0.3, 0.4) is 0 Å². The van der Waals surface area contributed by atoms with Gasteiger partial charge in [-0.1, -0.05) is 48.0 Å². The van der Waals surface area contributed by atoms with Crippen LogP contribution in [0, 0.1) is 5.82 Å². The number of carbonyl (C=O) groups excluding carboxylic acids is 1. The van der Waals surface area contributed by atoms with E-state index in [2.05, 4.69) is 15.6 Å². The largest absolute Gasteiger partial charge is 0.366 e. The number of benzene rings is 2. The second-order valence-corrected chi connectivity index (χ2v) is 6.06. The quantitative estimate of drug-likeness (QED) is 0.676. The highest BCUT2D eigenvalue weighted by Crippen LogP contribution is 2.16. The van der Waals surface area contributed by atoms with Crippen LogP contribution >= 0.6 is 11.6 Å². The Hall–Kier alpha value is -2.92. The summed E-state index contributed by atoms with van der Waals surface area (Å²) in [5, 5.41) is 6.52. The molecular weight excluding hydrogens is 353 g/mol. The summed E-state index contributed by atoms with van der Waals surface area (Å²) in [6.45, 7) is 0.656. The number of halogens is 2. The Kier molecular flexibility index (Phi) is 5.81. The Morgan fingerprint density at radius 1 is 0.962 bits per heavy atom. The minimum atomic E-state index is -0.343. The summed E-state index contributed by atoms with van der Waals surface area (Å²) in [7, 11) is 0. The maximum atomic E-state index is 13.6. The molecule has 0 radical (unpaired) electrons. The molecule has 4 nitrogen and oxygen atoms in total. The Morgan fingerprint density at radius 3 is 2.38 bits per heavy atom. The average molecular weight is 370 g/mol. The van der Waals surface area contributed by atoms with Crippen LogP contribution in [0.15, 0.2) is 66.9 Å². The third kappa shape index (κ3) is 4.58. The Bertz CT molecular complexity index is 900. The first kappa shape index (κ1) is 17.9. The van der Waals surface area contributed by atoms with Crippen LogP contribution in [0.25, 0.3) is 0 Å². The smallest absolute Gasteiger partial charge is 0.253 e. The molecule has 3 aromatic rings. The van der Waals surface area contributed by atoms with E-state index in [4.69, 9.17) is 11.6 Å². The number of nitrogens with zero attached hydrogens (tertiary/aromatic N) is 1. The summed E-state index contributed by atoms with van der Waals surface area (Å²) >= 11 is 6.11. The van der Waals surface area contributed by atoms with Gasteiger partial charge in [0.15, 0.2) is 0 Å². The number of anilines is 1. The molecule has 0 saturated carbocycles. The van der Waals surface area contributed by atoms with Gasteiger partial charge in [-0.2, -0.15) is 0 Å². The number of hydrogen-bond acceptors (Lipinski definition) is 3. The van der Waals surface area contributed by atoms with Crippen LogP contribution in [0.4, 0.5) is 10.2 Å². The summed E-state index contributed by atoms with van der Waals surface area (Å²) in [6.07, 6.45) is 1.48. The van der Waals surface area contributed by atoms with Gasteiger partial charge in [0.05, 0.1) is 5.56 Å². The molecule has 3 rings (SSSR count). The molecule has 132 valence electrons. The van der Waals surface area contributed by atoms with Crippen molar-refractivity contribution in [1.29, 1.82) is 0 Å². The lowest BCUT2D eigenvalue weighted by molar-refractivity contribution is 0.0950. The molecule has 0 aliphatic heterocycles. The molecule has 0 bridgehead atoms. The van der Waals surface area contributed by atoms with Gasteiger partial charge in [0.25, 0.3) is 5.91 Å². The zero-order valence-corrected chi connectivity index (χ0v) is 14.6. The van der Waals surface area contributed by atoms with Crippen LogP contribution < -0.4 is 10.6 Å². The topological polar surface area (TPSA) is 54.0 Å². The van der Waals surface area contributed by atoms with Gasteiger partial charge < -0.3 is 10.6 Å². The lowest BCUT2D eigenvalue weighted by Crippen LogP contribution is -2.23. The van der Waals surface area contributed by atoms with Crippen LogP contribution in [0.5, 0.6) is 0 Å². The van der Waals surface area contributed by atoms with Crippen molar-refractivity contribution in [2.75, 3.05) is 5.32 Å². The number of amides is 1. The lowest BCUT2D eigenvalue weighted by Gasteiger charge is -2.09. The number of hydrogen-bond donors (Lipinski definition) is 2. The molecule has 6 heteroatoms. The summed E-state index contributed by atoms with van der Waals surface area (Å²) < 4.78 is 13.6. The van der Waals surface area contributed by atoms with Crippen LogP contribution in [0.2, 0.25) is 5.02 Å². The highest BCUT2D eigenvalue weighted by Gasteiger charge is 2.08. The van der Waals surface area contributed by atoms with Gasteiger partial charge in [-0.05, 0) is 29.8 Å². The maximum Gasteiger partial charge on any atom is 0.253 e. The molecule has 0 atom stereocenters. The van der Waals surface area contributed by atoms with Gasteiger partial charge in [0, 0.05) is 29.9 Å². The normalized spacial score (nSPS) is 10.4. The first-order valence-corrected chi connectivity index (χ1v) is 8.46. The molecule has 0 fully saturated rings. The van der Waals surface area contributed by atoms with E-state index in [-0.39, 0.29) is 18.3 Å². The van der Waals surface area contributed by atoms with Gasteiger partial charge in [-0.3, -0.25) is 4.79 Å². The fourth-order valence-electron chi connectivity index (χ4n) is 2.38. The first-order chi connectivity index (χ1) is 12.6. The lowest BCUT2D eigenvalue weighted by atomic mass is 10.2. The number of carbonyl (C=O) groups is 1. The van der Waals surface area contributed by atoms with Crippen molar-refractivity contribution in [3.05, 3.63) is 94.4 Å². The minimum Gasteiger partial charge on any atom is -0.366 e. The van der Waals surface area contributed by atoms with Crippen LogP contribution in [-0.4, -0.2) is 10.9 Å². The molecule has 1 amide bonds. The maximum absolute atomic E-state index is 13.6. The fraction of sp³-hybridized carbons (Fsp3) is 0.100. The third-order valence-corrected chi connectivity index (χ3v) is 4.21. The number of nitrogens with one attached hydrogen (secondary N) is 2. The Labute approximate surface area is 156 Å². The summed E-state index contributed by atoms with van der Waals surface area (Å²) in [5.74, 6) is -0.0148. The average Bonchev–Trinajstić information content (AvgIpc) is 2.67. The van der Waals surface area contributed by atoms with Crippen molar-refractivity contribution >= 4 is 23.3 Å². The SMILES string of the molecule is O=C(NCc1ccccc1F)c1ccc(NCc2ccccc2Cl)nc1. The van der Waals surface area contributed by atoms with E-state index in [9.17, 15) is 9.18 Å². The number of aromatic nitrogens is 1. The zero-order chi connectivity index (χ0) is 18.4.